The van der Waals surface area contributed by atoms with E-state index in [0.717, 1.165) is 23.2 Å². The van der Waals surface area contributed by atoms with Gasteiger partial charge in [-0.3, -0.25) is 4.98 Å². The maximum absolute atomic E-state index is 5.68. The predicted octanol–water partition coefficient (Wildman–Crippen LogP) is 1.49. The van der Waals surface area contributed by atoms with Gasteiger partial charge in [0, 0.05) is 12.3 Å². The molecule has 0 bridgehead atoms. The molecule has 8 heteroatoms. The molecule has 0 saturated heterocycles. The van der Waals surface area contributed by atoms with E-state index in [2.05, 4.69) is 20.2 Å². The zero-order valence-corrected chi connectivity index (χ0v) is 11.4. The first-order valence-electron chi connectivity index (χ1n) is 5.46. The predicted molar refractivity (Wildman–Crippen MR) is 70.2 cm³/mol. The van der Waals surface area contributed by atoms with E-state index < -0.39 is 0 Å². The number of hydrogen-bond acceptors (Lipinski definition) is 6. The average Bonchev–Trinajstić information content (AvgIpc) is 2.80. The van der Waals surface area contributed by atoms with Crippen molar-refractivity contribution in [1.29, 1.82) is 0 Å². The van der Waals surface area contributed by atoms with Crippen LogP contribution >= 0.6 is 23.4 Å². The number of hydrogen-bond donors (Lipinski definition) is 1. The standard InChI is InChI=1S/C10H13ClN6S/c1-2-17-9(3-12)15-16-10(17)18-6-7-4-14-8(11)5-13-7/h4-5H,2-3,6,12H2,1H3. The highest BCUT2D eigenvalue weighted by molar-refractivity contribution is 7.98. The van der Waals surface area contributed by atoms with Crippen LogP contribution in [-0.4, -0.2) is 24.7 Å². The number of aromatic nitrogens is 5. The summed E-state index contributed by atoms with van der Waals surface area (Å²) in [4.78, 5) is 8.16. The van der Waals surface area contributed by atoms with Crippen molar-refractivity contribution < 1.29 is 0 Å². The first-order valence-corrected chi connectivity index (χ1v) is 6.82. The Labute approximate surface area is 114 Å². The van der Waals surface area contributed by atoms with E-state index in [1.165, 1.54) is 6.20 Å². The zero-order chi connectivity index (χ0) is 13.0. The van der Waals surface area contributed by atoms with Crippen molar-refractivity contribution in [3.63, 3.8) is 0 Å². The lowest BCUT2D eigenvalue weighted by Gasteiger charge is -2.05. The highest BCUT2D eigenvalue weighted by atomic mass is 35.5. The molecule has 2 N–H and O–H groups in total. The summed E-state index contributed by atoms with van der Waals surface area (Å²) in [5.41, 5.74) is 6.45. The molecule has 2 rings (SSSR count). The van der Waals surface area contributed by atoms with Gasteiger partial charge in [0.1, 0.15) is 11.0 Å². The molecule has 18 heavy (non-hydrogen) atoms. The fourth-order valence-electron chi connectivity index (χ4n) is 1.45. The van der Waals surface area contributed by atoms with Crippen molar-refractivity contribution in [2.75, 3.05) is 0 Å². The topological polar surface area (TPSA) is 82.5 Å². The van der Waals surface area contributed by atoms with E-state index in [9.17, 15) is 0 Å². The summed E-state index contributed by atoms with van der Waals surface area (Å²) in [6.07, 6.45) is 3.19. The molecule has 0 fully saturated rings. The molecule has 6 nitrogen and oxygen atoms in total. The van der Waals surface area contributed by atoms with Crippen molar-refractivity contribution in [2.24, 2.45) is 5.73 Å². The van der Waals surface area contributed by atoms with E-state index >= 15 is 0 Å². The van der Waals surface area contributed by atoms with Crippen LogP contribution in [0.25, 0.3) is 0 Å². The Morgan fingerprint density at radius 1 is 1.33 bits per heavy atom. The lowest BCUT2D eigenvalue weighted by molar-refractivity contribution is 0.643. The van der Waals surface area contributed by atoms with Gasteiger partial charge in [-0.25, -0.2) is 4.98 Å². The van der Waals surface area contributed by atoms with Crippen LogP contribution in [0.4, 0.5) is 0 Å². The lowest BCUT2D eigenvalue weighted by Crippen LogP contribution is -2.08. The quantitative estimate of drug-likeness (QED) is 0.838. The van der Waals surface area contributed by atoms with Crippen LogP contribution in [-0.2, 0) is 18.8 Å². The minimum Gasteiger partial charge on any atom is -0.324 e. The van der Waals surface area contributed by atoms with Gasteiger partial charge in [-0.15, -0.1) is 10.2 Å². The Bertz CT molecular complexity index is 512. The minimum atomic E-state index is 0.391. The second kappa shape index (κ2) is 6.12. The summed E-state index contributed by atoms with van der Waals surface area (Å²) in [6, 6.07) is 0. The van der Waals surface area contributed by atoms with Gasteiger partial charge in [0.2, 0.25) is 0 Å². The summed E-state index contributed by atoms with van der Waals surface area (Å²) < 4.78 is 1.99. The summed E-state index contributed by atoms with van der Waals surface area (Å²) in [5, 5.41) is 9.39. The number of nitrogens with two attached hydrogens (primary N) is 1. The molecule has 2 aromatic rings. The molecule has 96 valence electrons. The molecule has 0 atom stereocenters. The van der Waals surface area contributed by atoms with Crippen molar-refractivity contribution >= 4 is 23.4 Å². The van der Waals surface area contributed by atoms with Gasteiger partial charge in [0.15, 0.2) is 5.16 Å². The maximum Gasteiger partial charge on any atom is 0.191 e. The number of nitrogens with zero attached hydrogens (tertiary/aromatic N) is 5. The van der Waals surface area contributed by atoms with Crippen molar-refractivity contribution in [2.45, 2.75) is 30.9 Å². The van der Waals surface area contributed by atoms with Crippen LogP contribution in [0.1, 0.15) is 18.4 Å². The largest absolute Gasteiger partial charge is 0.324 e. The van der Waals surface area contributed by atoms with Gasteiger partial charge in [-0.2, -0.15) is 0 Å². The van der Waals surface area contributed by atoms with Gasteiger partial charge in [-0.1, -0.05) is 23.4 Å². The third kappa shape index (κ3) is 2.98. The van der Waals surface area contributed by atoms with Crippen molar-refractivity contribution in [3.8, 4) is 0 Å². The molecule has 0 aliphatic rings. The van der Waals surface area contributed by atoms with Crippen LogP contribution in [0.5, 0.6) is 0 Å². The summed E-state index contributed by atoms with van der Waals surface area (Å²) in [7, 11) is 0. The molecule has 0 spiro atoms. The first-order chi connectivity index (χ1) is 8.74. The lowest BCUT2D eigenvalue weighted by atomic mass is 10.5. The second-order valence-corrected chi connectivity index (χ2v) is 4.80. The summed E-state index contributed by atoms with van der Waals surface area (Å²) in [6.45, 7) is 3.23. The van der Waals surface area contributed by atoms with E-state index in [-0.39, 0.29) is 0 Å². The normalized spacial score (nSPS) is 10.8. The van der Waals surface area contributed by atoms with E-state index in [1.54, 1.807) is 18.0 Å². The van der Waals surface area contributed by atoms with Crippen LogP contribution in [0.3, 0.4) is 0 Å². The fraction of sp³-hybridized carbons (Fsp3) is 0.400. The van der Waals surface area contributed by atoms with Crippen molar-refractivity contribution in [1.82, 2.24) is 24.7 Å². The highest BCUT2D eigenvalue weighted by Gasteiger charge is 2.10. The maximum atomic E-state index is 5.68. The molecular weight excluding hydrogens is 272 g/mol. The average molecular weight is 285 g/mol. The van der Waals surface area contributed by atoms with Gasteiger partial charge in [0.05, 0.1) is 24.6 Å². The van der Waals surface area contributed by atoms with Gasteiger partial charge < -0.3 is 10.3 Å². The van der Waals surface area contributed by atoms with Crippen molar-refractivity contribution in [3.05, 3.63) is 29.1 Å². The third-order valence-electron chi connectivity index (χ3n) is 2.32. The molecular formula is C10H13ClN6S. The van der Waals surface area contributed by atoms with Gasteiger partial charge in [-0.05, 0) is 6.92 Å². The molecule has 2 heterocycles. The minimum absolute atomic E-state index is 0.391. The third-order valence-corrected chi connectivity index (χ3v) is 3.51. The number of rotatable bonds is 5. The highest BCUT2D eigenvalue weighted by Crippen LogP contribution is 2.20. The molecule has 2 aromatic heterocycles. The Hall–Kier alpha value is -1.18. The Kier molecular flexibility index (Phi) is 4.51. The molecule has 0 aliphatic heterocycles. The van der Waals surface area contributed by atoms with Crippen LogP contribution in [0, 0.1) is 0 Å². The summed E-state index contributed by atoms with van der Waals surface area (Å²) in [5.74, 6) is 1.47. The van der Waals surface area contributed by atoms with E-state index in [0.29, 0.717) is 17.5 Å². The molecule has 0 radical (unpaired) electrons. The monoisotopic (exact) mass is 284 g/mol. The SMILES string of the molecule is CCn1c(CN)nnc1SCc1cnc(Cl)cn1. The van der Waals surface area contributed by atoms with Gasteiger partial charge in [0.25, 0.3) is 0 Å². The molecule has 0 saturated carbocycles. The Morgan fingerprint density at radius 2 is 2.17 bits per heavy atom. The van der Waals surface area contributed by atoms with Gasteiger partial charge >= 0.3 is 0 Å². The second-order valence-electron chi connectivity index (χ2n) is 3.47. The smallest absolute Gasteiger partial charge is 0.191 e. The zero-order valence-electron chi connectivity index (χ0n) is 9.88. The number of halogens is 1. The molecule has 0 unspecified atom stereocenters. The Morgan fingerprint density at radius 3 is 2.78 bits per heavy atom. The van der Waals surface area contributed by atoms with E-state index in [1.807, 2.05) is 11.5 Å². The van der Waals surface area contributed by atoms with Crippen LogP contribution in [0.15, 0.2) is 17.6 Å². The first kappa shape index (κ1) is 13.3. The van der Waals surface area contributed by atoms with Crippen LogP contribution < -0.4 is 5.73 Å². The number of thioether (sulfide) groups is 1. The molecule has 0 aromatic carbocycles. The fourth-order valence-corrected chi connectivity index (χ4v) is 2.46. The van der Waals surface area contributed by atoms with Crippen LogP contribution in [0.2, 0.25) is 5.15 Å². The van der Waals surface area contributed by atoms with E-state index in [4.69, 9.17) is 17.3 Å². The molecule has 0 amide bonds. The Balaban J connectivity index is 2.06. The summed E-state index contributed by atoms with van der Waals surface area (Å²) >= 11 is 7.23. The molecule has 0 aliphatic carbocycles.